The van der Waals surface area contributed by atoms with Crippen LogP contribution in [0.1, 0.15) is 5.56 Å². The van der Waals surface area contributed by atoms with Gasteiger partial charge in [0.25, 0.3) is 5.56 Å². The predicted octanol–water partition coefficient (Wildman–Crippen LogP) is 2.56. The molecule has 0 bridgehead atoms. The Bertz CT molecular complexity index is 597. The van der Waals surface area contributed by atoms with Gasteiger partial charge in [0, 0.05) is 17.5 Å². The molecule has 2 aromatic rings. The van der Waals surface area contributed by atoms with Crippen LogP contribution in [0.2, 0.25) is 5.02 Å². The third kappa shape index (κ3) is 2.04. The van der Waals surface area contributed by atoms with Crippen molar-refractivity contribution >= 4 is 34.3 Å². The molecule has 0 saturated heterocycles. The quantitative estimate of drug-likeness (QED) is 0.816. The number of hydrogen-bond acceptors (Lipinski definition) is 2. The molecule has 1 heterocycles. The summed E-state index contributed by atoms with van der Waals surface area (Å²) in [6, 6.07) is 4.27. The number of pyridine rings is 1. The van der Waals surface area contributed by atoms with Gasteiger partial charge < -0.3 is 4.98 Å². The molecule has 0 unspecified atom stereocenters. The second-order valence-electron chi connectivity index (χ2n) is 3.29. The van der Waals surface area contributed by atoms with E-state index >= 15 is 0 Å². The molecular formula is C10H7Cl2FN2O. The van der Waals surface area contributed by atoms with Crippen molar-refractivity contribution < 1.29 is 4.39 Å². The normalized spacial score (nSPS) is 10.9. The standard InChI is InChI=1S/C10H7Cl2FN2O/c11-7-2-5-1-6(4-14-12)10(16)15-9(5)3-8(7)13/h1-3,14H,4H2,(H,15,16). The third-order valence-electron chi connectivity index (χ3n) is 2.22. The van der Waals surface area contributed by atoms with Gasteiger partial charge in [-0.25, -0.2) is 9.23 Å². The van der Waals surface area contributed by atoms with E-state index in [2.05, 4.69) is 9.82 Å². The average molecular weight is 261 g/mol. The smallest absolute Gasteiger partial charge is 0.252 e. The van der Waals surface area contributed by atoms with Crippen molar-refractivity contribution in [1.29, 1.82) is 0 Å². The molecule has 2 N–H and O–H groups in total. The van der Waals surface area contributed by atoms with Gasteiger partial charge in [-0.1, -0.05) is 11.6 Å². The van der Waals surface area contributed by atoms with E-state index in [9.17, 15) is 9.18 Å². The van der Waals surface area contributed by atoms with E-state index in [1.165, 1.54) is 12.1 Å². The number of aromatic nitrogens is 1. The van der Waals surface area contributed by atoms with Crippen molar-refractivity contribution in [3.63, 3.8) is 0 Å². The number of nitrogens with one attached hydrogen (secondary N) is 2. The van der Waals surface area contributed by atoms with Crippen LogP contribution < -0.4 is 10.4 Å². The first-order valence-electron chi connectivity index (χ1n) is 4.46. The van der Waals surface area contributed by atoms with Gasteiger partial charge in [-0.05, 0) is 30.0 Å². The fourth-order valence-corrected chi connectivity index (χ4v) is 1.77. The van der Waals surface area contributed by atoms with Gasteiger partial charge in [0.2, 0.25) is 0 Å². The van der Waals surface area contributed by atoms with Gasteiger partial charge in [0.15, 0.2) is 0 Å². The van der Waals surface area contributed by atoms with Crippen molar-refractivity contribution in [2.75, 3.05) is 0 Å². The van der Waals surface area contributed by atoms with E-state index in [1.807, 2.05) is 0 Å². The number of hydrogen-bond donors (Lipinski definition) is 2. The first-order chi connectivity index (χ1) is 7.61. The monoisotopic (exact) mass is 260 g/mol. The molecule has 2 rings (SSSR count). The molecule has 0 aliphatic rings. The average Bonchev–Trinajstić information content (AvgIpc) is 2.23. The largest absolute Gasteiger partial charge is 0.322 e. The summed E-state index contributed by atoms with van der Waals surface area (Å²) in [6.45, 7) is 0.224. The highest BCUT2D eigenvalue weighted by molar-refractivity contribution is 6.31. The minimum atomic E-state index is -0.562. The second-order valence-corrected chi connectivity index (χ2v) is 3.96. The summed E-state index contributed by atoms with van der Waals surface area (Å²) < 4.78 is 13.1. The molecule has 0 saturated carbocycles. The number of fused-ring (bicyclic) bond motifs is 1. The summed E-state index contributed by atoms with van der Waals surface area (Å²) in [4.78, 5) is 16.4. The molecule has 0 atom stereocenters. The van der Waals surface area contributed by atoms with Gasteiger partial charge in [-0.2, -0.15) is 0 Å². The molecule has 0 spiro atoms. The van der Waals surface area contributed by atoms with Gasteiger partial charge >= 0.3 is 0 Å². The Morgan fingerprint density at radius 3 is 2.81 bits per heavy atom. The molecule has 1 aromatic carbocycles. The zero-order valence-electron chi connectivity index (χ0n) is 7.98. The van der Waals surface area contributed by atoms with Crippen molar-refractivity contribution in [2.45, 2.75) is 6.54 Å². The third-order valence-corrected chi connectivity index (χ3v) is 2.64. The van der Waals surface area contributed by atoms with Gasteiger partial charge in [-0.15, -0.1) is 0 Å². The topological polar surface area (TPSA) is 44.9 Å². The van der Waals surface area contributed by atoms with Gasteiger partial charge in [-0.3, -0.25) is 4.79 Å². The molecule has 84 valence electrons. The first-order valence-corrected chi connectivity index (χ1v) is 5.22. The molecule has 3 nitrogen and oxygen atoms in total. The van der Waals surface area contributed by atoms with E-state index < -0.39 is 5.82 Å². The number of aromatic amines is 1. The zero-order valence-corrected chi connectivity index (χ0v) is 9.49. The van der Waals surface area contributed by atoms with Crippen LogP contribution in [0.15, 0.2) is 23.0 Å². The molecule has 6 heteroatoms. The van der Waals surface area contributed by atoms with Crippen molar-refractivity contribution in [1.82, 2.24) is 9.82 Å². The number of halogens is 3. The number of benzene rings is 1. The molecular weight excluding hydrogens is 254 g/mol. The van der Waals surface area contributed by atoms with E-state index in [0.29, 0.717) is 16.5 Å². The predicted molar refractivity (Wildman–Crippen MR) is 62.2 cm³/mol. The molecule has 0 aliphatic carbocycles. The second kappa shape index (κ2) is 4.41. The van der Waals surface area contributed by atoms with E-state index in [-0.39, 0.29) is 17.1 Å². The summed E-state index contributed by atoms with van der Waals surface area (Å²) in [5.74, 6) is -0.562. The SMILES string of the molecule is O=c1[nH]c2cc(F)c(Cl)cc2cc1CNCl. The first kappa shape index (κ1) is 11.4. The number of rotatable bonds is 2. The Morgan fingerprint density at radius 1 is 1.38 bits per heavy atom. The molecule has 0 amide bonds. The fourth-order valence-electron chi connectivity index (χ4n) is 1.45. The highest BCUT2D eigenvalue weighted by atomic mass is 35.5. The van der Waals surface area contributed by atoms with E-state index in [0.717, 1.165) is 0 Å². The van der Waals surface area contributed by atoms with Crippen LogP contribution in [0.3, 0.4) is 0 Å². The highest BCUT2D eigenvalue weighted by Gasteiger charge is 2.06. The summed E-state index contributed by atoms with van der Waals surface area (Å²) in [7, 11) is 0. The Hall–Kier alpha value is -1.10. The Balaban J connectivity index is 2.70. The molecule has 0 fully saturated rings. The lowest BCUT2D eigenvalue weighted by molar-refractivity contribution is 0.629. The molecule has 16 heavy (non-hydrogen) atoms. The van der Waals surface area contributed by atoms with Crippen LogP contribution in [0.5, 0.6) is 0 Å². The summed E-state index contributed by atoms with van der Waals surface area (Å²) in [5, 5.41) is 0.678. The zero-order chi connectivity index (χ0) is 11.7. The van der Waals surface area contributed by atoms with Crippen LogP contribution in [-0.4, -0.2) is 4.98 Å². The lowest BCUT2D eigenvalue weighted by Gasteiger charge is -2.03. The molecule has 0 aliphatic heterocycles. The van der Waals surface area contributed by atoms with Crippen LogP contribution in [0.25, 0.3) is 10.9 Å². The maximum Gasteiger partial charge on any atom is 0.252 e. The fraction of sp³-hybridized carbons (Fsp3) is 0.100. The van der Waals surface area contributed by atoms with Gasteiger partial charge in [0.05, 0.1) is 10.5 Å². The van der Waals surface area contributed by atoms with Crippen molar-refractivity contribution in [3.8, 4) is 0 Å². The molecule has 0 radical (unpaired) electrons. The lowest BCUT2D eigenvalue weighted by atomic mass is 10.1. The minimum Gasteiger partial charge on any atom is -0.322 e. The maximum atomic E-state index is 13.1. The Labute approximate surface area is 100 Å². The van der Waals surface area contributed by atoms with E-state index in [1.54, 1.807) is 6.07 Å². The van der Waals surface area contributed by atoms with Crippen LogP contribution in [0.4, 0.5) is 4.39 Å². The molecule has 1 aromatic heterocycles. The Kier molecular flexibility index (Phi) is 3.14. The lowest BCUT2D eigenvalue weighted by Crippen LogP contribution is -2.15. The van der Waals surface area contributed by atoms with Crippen LogP contribution in [-0.2, 0) is 6.54 Å². The number of H-pyrrole nitrogens is 1. The minimum absolute atomic E-state index is 0.0179. The van der Waals surface area contributed by atoms with E-state index in [4.69, 9.17) is 23.4 Å². The highest BCUT2D eigenvalue weighted by Crippen LogP contribution is 2.21. The summed E-state index contributed by atoms with van der Waals surface area (Å²) in [6.07, 6.45) is 0. The van der Waals surface area contributed by atoms with Crippen LogP contribution >= 0.6 is 23.4 Å². The summed E-state index contributed by atoms with van der Waals surface area (Å²) in [5.41, 5.74) is 0.567. The van der Waals surface area contributed by atoms with Gasteiger partial charge in [0.1, 0.15) is 5.82 Å². The maximum absolute atomic E-state index is 13.1. The summed E-state index contributed by atoms with van der Waals surface area (Å²) >= 11 is 11.0. The van der Waals surface area contributed by atoms with Crippen molar-refractivity contribution in [3.05, 3.63) is 45.0 Å². The Morgan fingerprint density at radius 2 is 2.12 bits per heavy atom. The van der Waals surface area contributed by atoms with Crippen molar-refractivity contribution in [2.24, 2.45) is 0 Å². The van der Waals surface area contributed by atoms with Crippen LogP contribution in [0, 0.1) is 5.82 Å².